The summed E-state index contributed by atoms with van der Waals surface area (Å²) in [5.41, 5.74) is -0.312. The van der Waals surface area contributed by atoms with Crippen LogP contribution in [-0.2, 0) is 16.1 Å². The van der Waals surface area contributed by atoms with Gasteiger partial charge in [0.15, 0.2) is 0 Å². The molecule has 1 aromatic heterocycles. The summed E-state index contributed by atoms with van der Waals surface area (Å²) >= 11 is 0. The van der Waals surface area contributed by atoms with E-state index in [2.05, 4.69) is 10.2 Å². The van der Waals surface area contributed by atoms with Crippen molar-refractivity contribution in [2.75, 3.05) is 32.7 Å². The first kappa shape index (κ1) is 16.6. The van der Waals surface area contributed by atoms with Gasteiger partial charge in [-0.25, -0.2) is 0 Å². The Balaban J connectivity index is 1.30. The highest BCUT2D eigenvalue weighted by Gasteiger charge is 2.47. The van der Waals surface area contributed by atoms with Crippen molar-refractivity contribution < 1.29 is 14.0 Å². The Bertz CT molecular complexity index is 622. The third kappa shape index (κ3) is 3.32. The lowest BCUT2D eigenvalue weighted by atomic mass is 9.79. The van der Waals surface area contributed by atoms with Gasteiger partial charge >= 0.3 is 0 Å². The van der Waals surface area contributed by atoms with E-state index in [-0.39, 0.29) is 23.1 Å². The molecule has 3 aliphatic heterocycles. The SMILES string of the molecule is O=C(C1CCN(Cc2ccco2)CC1)N1CCC2(CCCNC2=O)C1. The summed E-state index contributed by atoms with van der Waals surface area (Å²) in [6, 6.07) is 3.91. The van der Waals surface area contributed by atoms with Crippen LogP contribution in [0, 0.1) is 11.3 Å². The van der Waals surface area contributed by atoms with Crippen molar-refractivity contribution in [3.63, 3.8) is 0 Å². The number of furan rings is 1. The number of carbonyl (C=O) groups is 2. The molecule has 136 valence electrons. The van der Waals surface area contributed by atoms with Gasteiger partial charge in [0.25, 0.3) is 0 Å². The summed E-state index contributed by atoms with van der Waals surface area (Å²) in [4.78, 5) is 29.5. The first-order valence-electron chi connectivity index (χ1n) is 9.48. The minimum absolute atomic E-state index is 0.106. The van der Waals surface area contributed by atoms with Crippen molar-refractivity contribution in [2.45, 2.75) is 38.6 Å². The largest absolute Gasteiger partial charge is 0.468 e. The lowest BCUT2D eigenvalue weighted by Gasteiger charge is -2.34. The fourth-order valence-electron chi connectivity index (χ4n) is 4.60. The van der Waals surface area contributed by atoms with E-state index in [1.807, 2.05) is 17.0 Å². The fourth-order valence-corrected chi connectivity index (χ4v) is 4.60. The van der Waals surface area contributed by atoms with Gasteiger partial charge in [0.05, 0.1) is 18.2 Å². The number of carbonyl (C=O) groups excluding carboxylic acids is 2. The van der Waals surface area contributed by atoms with Crippen LogP contribution < -0.4 is 5.32 Å². The highest BCUT2D eigenvalue weighted by molar-refractivity contribution is 5.86. The standard InChI is InChI=1S/C19H27N3O3/c23-17(22-11-7-19(14-22)6-2-8-20-18(19)24)15-4-9-21(10-5-15)13-16-3-1-12-25-16/h1,3,12,15H,2,4-11,13-14H2,(H,20,24). The van der Waals surface area contributed by atoms with E-state index < -0.39 is 0 Å². The average molecular weight is 345 g/mol. The van der Waals surface area contributed by atoms with Gasteiger partial charge in [-0.15, -0.1) is 0 Å². The van der Waals surface area contributed by atoms with E-state index in [0.717, 1.165) is 70.6 Å². The van der Waals surface area contributed by atoms with Crippen molar-refractivity contribution in [2.24, 2.45) is 11.3 Å². The highest BCUT2D eigenvalue weighted by atomic mass is 16.3. The molecule has 1 aromatic rings. The predicted octanol–water partition coefficient (Wildman–Crippen LogP) is 1.62. The van der Waals surface area contributed by atoms with Crippen molar-refractivity contribution in [1.29, 1.82) is 0 Å². The van der Waals surface area contributed by atoms with Crippen molar-refractivity contribution in [1.82, 2.24) is 15.1 Å². The number of nitrogens with one attached hydrogen (secondary N) is 1. The minimum Gasteiger partial charge on any atom is -0.468 e. The second-order valence-corrected chi connectivity index (χ2v) is 7.78. The molecule has 3 fully saturated rings. The quantitative estimate of drug-likeness (QED) is 0.904. The Morgan fingerprint density at radius 2 is 2.12 bits per heavy atom. The molecular weight excluding hydrogens is 318 g/mol. The molecule has 6 nitrogen and oxygen atoms in total. The first-order chi connectivity index (χ1) is 12.2. The van der Waals surface area contributed by atoms with Gasteiger partial charge in [0.2, 0.25) is 11.8 Å². The van der Waals surface area contributed by atoms with Crippen LogP contribution in [0.1, 0.15) is 37.9 Å². The average Bonchev–Trinajstić information content (AvgIpc) is 3.29. The summed E-state index contributed by atoms with van der Waals surface area (Å²) in [5.74, 6) is 1.50. The second kappa shape index (κ2) is 6.83. The molecule has 0 aliphatic carbocycles. The van der Waals surface area contributed by atoms with E-state index in [0.29, 0.717) is 6.54 Å². The van der Waals surface area contributed by atoms with Crippen molar-refractivity contribution in [3.05, 3.63) is 24.2 Å². The molecule has 2 amide bonds. The number of amides is 2. The Hall–Kier alpha value is -1.82. The van der Waals surface area contributed by atoms with Crippen LogP contribution in [-0.4, -0.2) is 54.3 Å². The number of nitrogens with zero attached hydrogens (tertiary/aromatic N) is 2. The van der Waals surface area contributed by atoms with Gasteiger partial charge in [0.1, 0.15) is 5.76 Å². The maximum absolute atomic E-state index is 12.9. The molecule has 0 bridgehead atoms. The van der Waals surface area contributed by atoms with Crippen molar-refractivity contribution in [3.8, 4) is 0 Å². The molecular formula is C19H27N3O3. The van der Waals surface area contributed by atoms with Gasteiger partial charge in [-0.2, -0.15) is 0 Å². The van der Waals surface area contributed by atoms with Crippen LogP contribution in [0.15, 0.2) is 22.8 Å². The summed E-state index contributed by atoms with van der Waals surface area (Å²) < 4.78 is 5.41. The molecule has 0 aromatic carbocycles. The minimum atomic E-state index is -0.312. The molecule has 1 atom stereocenters. The molecule has 3 saturated heterocycles. The Morgan fingerprint density at radius 1 is 1.28 bits per heavy atom. The third-order valence-corrected chi connectivity index (χ3v) is 6.16. The predicted molar refractivity (Wildman–Crippen MR) is 92.6 cm³/mol. The van der Waals surface area contributed by atoms with Crippen LogP contribution in [0.5, 0.6) is 0 Å². The molecule has 0 saturated carbocycles. The van der Waals surface area contributed by atoms with Crippen LogP contribution in [0.25, 0.3) is 0 Å². The van der Waals surface area contributed by atoms with E-state index in [1.165, 1.54) is 0 Å². The van der Waals surface area contributed by atoms with E-state index in [4.69, 9.17) is 4.42 Å². The first-order valence-corrected chi connectivity index (χ1v) is 9.48. The van der Waals surface area contributed by atoms with E-state index >= 15 is 0 Å². The molecule has 0 radical (unpaired) electrons. The summed E-state index contributed by atoms with van der Waals surface area (Å²) in [5, 5.41) is 2.99. The Kier molecular flexibility index (Phi) is 4.54. The normalized spacial score (nSPS) is 28.5. The van der Waals surface area contributed by atoms with E-state index in [1.54, 1.807) is 6.26 Å². The van der Waals surface area contributed by atoms with Gasteiger partial charge in [-0.05, 0) is 57.3 Å². The number of likely N-dealkylation sites (tertiary alicyclic amines) is 2. The molecule has 4 rings (SSSR count). The fraction of sp³-hybridized carbons (Fsp3) is 0.684. The maximum Gasteiger partial charge on any atom is 0.228 e. The lowest BCUT2D eigenvalue weighted by molar-refractivity contribution is -0.138. The molecule has 4 heterocycles. The molecule has 1 N–H and O–H groups in total. The summed E-state index contributed by atoms with van der Waals surface area (Å²) in [6.07, 6.45) is 6.27. The lowest BCUT2D eigenvalue weighted by Crippen LogP contribution is -2.48. The summed E-state index contributed by atoms with van der Waals surface area (Å²) in [6.45, 7) is 4.81. The molecule has 1 unspecified atom stereocenters. The van der Waals surface area contributed by atoms with Gasteiger partial charge in [0, 0.05) is 25.6 Å². The topological polar surface area (TPSA) is 65.8 Å². The molecule has 6 heteroatoms. The zero-order valence-electron chi connectivity index (χ0n) is 14.7. The highest BCUT2D eigenvalue weighted by Crippen LogP contribution is 2.38. The van der Waals surface area contributed by atoms with Crippen LogP contribution in [0.3, 0.4) is 0 Å². The molecule has 1 spiro atoms. The van der Waals surface area contributed by atoms with Crippen LogP contribution >= 0.6 is 0 Å². The zero-order chi connectivity index (χ0) is 17.3. The molecule has 25 heavy (non-hydrogen) atoms. The molecule has 3 aliphatic rings. The Morgan fingerprint density at radius 3 is 2.84 bits per heavy atom. The summed E-state index contributed by atoms with van der Waals surface area (Å²) in [7, 11) is 0. The van der Waals surface area contributed by atoms with Gasteiger partial charge in [-0.1, -0.05) is 0 Å². The number of piperidine rings is 2. The van der Waals surface area contributed by atoms with E-state index in [9.17, 15) is 9.59 Å². The number of rotatable bonds is 3. The van der Waals surface area contributed by atoms with Crippen LogP contribution in [0.2, 0.25) is 0 Å². The van der Waals surface area contributed by atoms with Gasteiger partial charge < -0.3 is 14.6 Å². The number of hydrogen-bond acceptors (Lipinski definition) is 4. The monoisotopic (exact) mass is 345 g/mol. The van der Waals surface area contributed by atoms with Crippen molar-refractivity contribution >= 4 is 11.8 Å². The number of hydrogen-bond donors (Lipinski definition) is 1. The maximum atomic E-state index is 12.9. The Labute approximate surface area is 148 Å². The van der Waals surface area contributed by atoms with Gasteiger partial charge in [-0.3, -0.25) is 14.5 Å². The smallest absolute Gasteiger partial charge is 0.228 e. The van der Waals surface area contributed by atoms with Crippen LogP contribution in [0.4, 0.5) is 0 Å². The third-order valence-electron chi connectivity index (χ3n) is 6.16. The second-order valence-electron chi connectivity index (χ2n) is 7.78. The zero-order valence-corrected chi connectivity index (χ0v) is 14.7.